The van der Waals surface area contributed by atoms with Gasteiger partial charge in [-0.15, -0.1) is 0 Å². The minimum absolute atomic E-state index is 0.271. The first-order valence-corrected chi connectivity index (χ1v) is 7.32. The summed E-state index contributed by atoms with van der Waals surface area (Å²) in [5, 5.41) is 0. The van der Waals surface area contributed by atoms with Crippen molar-refractivity contribution in [2.75, 3.05) is 46.4 Å². The molecule has 18 heavy (non-hydrogen) atoms. The lowest BCUT2D eigenvalue weighted by molar-refractivity contribution is 0.0251. The molecule has 3 heteroatoms. The van der Waals surface area contributed by atoms with Crippen LogP contribution in [0.15, 0.2) is 0 Å². The van der Waals surface area contributed by atoms with Crippen molar-refractivity contribution in [3.8, 4) is 0 Å². The molecule has 0 aromatic heterocycles. The van der Waals surface area contributed by atoms with Gasteiger partial charge in [0.05, 0.1) is 13.2 Å². The Kier molecular flexibility index (Phi) is 6.09. The Morgan fingerprint density at radius 3 is 2.17 bits per heavy atom. The lowest BCUT2D eigenvalue weighted by Crippen LogP contribution is -2.44. The molecule has 0 aliphatic carbocycles. The van der Waals surface area contributed by atoms with Gasteiger partial charge >= 0.3 is 0 Å². The van der Waals surface area contributed by atoms with Crippen LogP contribution in [0, 0.1) is 11.8 Å². The molecule has 3 nitrogen and oxygen atoms in total. The molecule has 1 aliphatic rings. The predicted molar refractivity (Wildman–Crippen MR) is 78.0 cm³/mol. The molecule has 0 radical (unpaired) electrons. The summed E-state index contributed by atoms with van der Waals surface area (Å²) in [7, 11) is 2.23. The van der Waals surface area contributed by atoms with Crippen LogP contribution in [0.25, 0.3) is 0 Å². The Morgan fingerprint density at radius 1 is 1.11 bits per heavy atom. The second kappa shape index (κ2) is 6.88. The second-order valence-electron chi connectivity index (χ2n) is 6.92. The van der Waals surface area contributed by atoms with Gasteiger partial charge in [-0.1, -0.05) is 13.8 Å². The highest BCUT2D eigenvalue weighted by atomic mass is 16.5. The summed E-state index contributed by atoms with van der Waals surface area (Å²) < 4.78 is 5.40. The average molecular weight is 256 g/mol. The van der Waals surface area contributed by atoms with Gasteiger partial charge in [-0.25, -0.2) is 0 Å². The maximum Gasteiger partial charge on any atom is 0.0594 e. The standard InChI is InChI=1S/C15H32N2O/c1-13(11-16(6)15(3,4)5)14(2)12-17-7-9-18-10-8-17/h13-14H,7-12H2,1-6H3. The van der Waals surface area contributed by atoms with Gasteiger partial charge in [-0.05, 0) is 39.7 Å². The molecule has 0 spiro atoms. The van der Waals surface area contributed by atoms with Crippen molar-refractivity contribution in [3.63, 3.8) is 0 Å². The fraction of sp³-hybridized carbons (Fsp3) is 1.00. The van der Waals surface area contributed by atoms with E-state index in [1.807, 2.05) is 0 Å². The number of ether oxygens (including phenoxy) is 1. The lowest BCUT2D eigenvalue weighted by atomic mass is 9.93. The van der Waals surface area contributed by atoms with E-state index in [-0.39, 0.29) is 5.54 Å². The van der Waals surface area contributed by atoms with Gasteiger partial charge in [0.25, 0.3) is 0 Å². The normalized spacial score (nSPS) is 22.2. The van der Waals surface area contributed by atoms with Crippen LogP contribution in [0.2, 0.25) is 0 Å². The Bertz CT molecular complexity index is 231. The highest BCUT2D eigenvalue weighted by molar-refractivity contribution is 4.77. The molecule has 1 fully saturated rings. The van der Waals surface area contributed by atoms with Gasteiger partial charge in [0, 0.05) is 31.7 Å². The van der Waals surface area contributed by atoms with Crippen molar-refractivity contribution in [2.24, 2.45) is 11.8 Å². The fourth-order valence-electron chi connectivity index (χ4n) is 2.26. The molecule has 1 rings (SSSR count). The van der Waals surface area contributed by atoms with Crippen molar-refractivity contribution in [1.29, 1.82) is 0 Å². The molecular formula is C15H32N2O. The van der Waals surface area contributed by atoms with Crippen molar-refractivity contribution in [3.05, 3.63) is 0 Å². The van der Waals surface area contributed by atoms with Crippen molar-refractivity contribution in [2.45, 2.75) is 40.2 Å². The summed E-state index contributed by atoms with van der Waals surface area (Å²) in [6, 6.07) is 0. The summed E-state index contributed by atoms with van der Waals surface area (Å²) in [4.78, 5) is 5.01. The van der Waals surface area contributed by atoms with E-state index in [2.05, 4.69) is 51.5 Å². The van der Waals surface area contributed by atoms with Crippen LogP contribution in [-0.4, -0.2) is 61.8 Å². The molecule has 0 bridgehead atoms. The molecule has 0 amide bonds. The van der Waals surface area contributed by atoms with Crippen LogP contribution in [0.4, 0.5) is 0 Å². The Balaban J connectivity index is 2.33. The van der Waals surface area contributed by atoms with Gasteiger partial charge in [-0.3, -0.25) is 4.90 Å². The summed E-state index contributed by atoms with van der Waals surface area (Å²) >= 11 is 0. The SMILES string of the molecule is CC(CN1CCOCC1)C(C)CN(C)C(C)(C)C. The zero-order chi connectivity index (χ0) is 13.8. The van der Waals surface area contributed by atoms with Gasteiger partial charge in [0.15, 0.2) is 0 Å². The van der Waals surface area contributed by atoms with Crippen LogP contribution in [-0.2, 0) is 4.74 Å². The minimum atomic E-state index is 0.271. The molecule has 0 N–H and O–H groups in total. The van der Waals surface area contributed by atoms with Gasteiger partial charge in [0.1, 0.15) is 0 Å². The van der Waals surface area contributed by atoms with Crippen molar-refractivity contribution in [1.82, 2.24) is 9.80 Å². The molecular weight excluding hydrogens is 224 g/mol. The van der Waals surface area contributed by atoms with Gasteiger partial charge in [0.2, 0.25) is 0 Å². The van der Waals surface area contributed by atoms with Crippen LogP contribution in [0.5, 0.6) is 0 Å². The Morgan fingerprint density at radius 2 is 1.67 bits per heavy atom. The molecule has 0 saturated carbocycles. The third kappa shape index (κ3) is 5.25. The van der Waals surface area contributed by atoms with E-state index in [4.69, 9.17) is 4.74 Å². The molecule has 2 unspecified atom stereocenters. The Labute approximate surface area is 113 Å². The molecule has 1 aliphatic heterocycles. The summed E-state index contributed by atoms with van der Waals surface area (Å²) in [6.07, 6.45) is 0. The van der Waals surface area contributed by atoms with E-state index in [0.717, 1.165) is 38.1 Å². The number of hydrogen-bond donors (Lipinski definition) is 0. The predicted octanol–water partition coefficient (Wildman–Crippen LogP) is 2.32. The van der Waals surface area contributed by atoms with E-state index in [0.29, 0.717) is 0 Å². The zero-order valence-electron chi connectivity index (χ0n) is 13.2. The third-order valence-corrected chi connectivity index (χ3v) is 4.33. The maximum absolute atomic E-state index is 5.40. The highest BCUT2D eigenvalue weighted by Crippen LogP contribution is 2.19. The molecule has 2 atom stereocenters. The number of hydrogen-bond acceptors (Lipinski definition) is 3. The number of morpholine rings is 1. The summed E-state index contributed by atoms with van der Waals surface area (Å²) in [5.41, 5.74) is 0.271. The van der Waals surface area contributed by atoms with Crippen LogP contribution < -0.4 is 0 Å². The molecule has 0 aromatic carbocycles. The molecule has 1 heterocycles. The lowest BCUT2D eigenvalue weighted by Gasteiger charge is -2.37. The highest BCUT2D eigenvalue weighted by Gasteiger charge is 2.23. The second-order valence-corrected chi connectivity index (χ2v) is 6.92. The van der Waals surface area contributed by atoms with E-state index >= 15 is 0 Å². The summed E-state index contributed by atoms with van der Waals surface area (Å²) in [5.74, 6) is 1.48. The van der Waals surface area contributed by atoms with E-state index in [1.165, 1.54) is 13.1 Å². The van der Waals surface area contributed by atoms with Gasteiger partial charge < -0.3 is 9.64 Å². The molecule has 108 valence electrons. The average Bonchev–Trinajstić information content (AvgIpc) is 2.28. The first kappa shape index (κ1) is 15.9. The van der Waals surface area contributed by atoms with Crippen LogP contribution in [0.3, 0.4) is 0 Å². The molecule has 0 aromatic rings. The van der Waals surface area contributed by atoms with E-state index in [9.17, 15) is 0 Å². The number of nitrogens with zero attached hydrogens (tertiary/aromatic N) is 2. The van der Waals surface area contributed by atoms with Gasteiger partial charge in [-0.2, -0.15) is 0 Å². The first-order valence-electron chi connectivity index (χ1n) is 7.32. The number of rotatable bonds is 5. The topological polar surface area (TPSA) is 15.7 Å². The van der Waals surface area contributed by atoms with E-state index in [1.54, 1.807) is 0 Å². The third-order valence-electron chi connectivity index (χ3n) is 4.33. The van der Waals surface area contributed by atoms with Crippen LogP contribution in [0.1, 0.15) is 34.6 Å². The van der Waals surface area contributed by atoms with Crippen molar-refractivity contribution < 1.29 is 4.74 Å². The quantitative estimate of drug-likeness (QED) is 0.751. The zero-order valence-corrected chi connectivity index (χ0v) is 13.2. The summed E-state index contributed by atoms with van der Waals surface area (Å²) in [6.45, 7) is 18.0. The maximum atomic E-state index is 5.40. The van der Waals surface area contributed by atoms with E-state index < -0.39 is 0 Å². The first-order chi connectivity index (χ1) is 8.30. The monoisotopic (exact) mass is 256 g/mol. The fourth-order valence-corrected chi connectivity index (χ4v) is 2.26. The van der Waals surface area contributed by atoms with Crippen molar-refractivity contribution >= 4 is 0 Å². The largest absolute Gasteiger partial charge is 0.379 e. The smallest absolute Gasteiger partial charge is 0.0594 e. The minimum Gasteiger partial charge on any atom is -0.379 e. The molecule has 1 saturated heterocycles. The Hall–Kier alpha value is -0.120. The van der Waals surface area contributed by atoms with Crippen LogP contribution >= 0.6 is 0 Å².